The van der Waals surface area contributed by atoms with E-state index in [-0.39, 0.29) is 0 Å². The summed E-state index contributed by atoms with van der Waals surface area (Å²) in [5.41, 5.74) is 1.42. The van der Waals surface area contributed by atoms with Crippen LogP contribution in [0.4, 0.5) is 0 Å². The standard InChI is InChI=1S/C18H26N2/c1-2-3-4-8-13-19-18-11-14-20(15-12-18)16-17-9-6-5-7-10-17/h1,5-7,9-10,18-19H,3-4,8,11-16H2. The van der Waals surface area contributed by atoms with E-state index >= 15 is 0 Å². The fraction of sp³-hybridized carbons (Fsp3) is 0.556. The van der Waals surface area contributed by atoms with Gasteiger partial charge in [-0.1, -0.05) is 30.3 Å². The third-order valence-corrected chi connectivity index (χ3v) is 4.02. The third kappa shape index (κ3) is 5.36. The molecule has 2 nitrogen and oxygen atoms in total. The number of nitrogens with zero attached hydrogens (tertiary/aromatic N) is 1. The van der Waals surface area contributed by atoms with Gasteiger partial charge in [-0.2, -0.15) is 0 Å². The first-order chi connectivity index (χ1) is 9.88. The van der Waals surface area contributed by atoms with E-state index in [0.717, 1.165) is 25.9 Å². The maximum atomic E-state index is 5.26. The average Bonchev–Trinajstić information content (AvgIpc) is 2.50. The number of hydrogen-bond acceptors (Lipinski definition) is 2. The molecule has 2 rings (SSSR count). The minimum absolute atomic E-state index is 0.702. The first kappa shape index (κ1) is 15.1. The second kappa shape index (κ2) is 8.79. The lowest BCUT2D eigenvalue weighted by molar-refractivity contribution is 0.190. The average molecular weight is 270 g/mol. The van der Waals surface area contributed by atoms with Crippen LogP contribution in [0, 0.1) is 12.3 Å². The van der Waals surface area contributed by atoms with Crippen LogP contribution in [0.1, 0.15) is 37.7 Å². The Bertz CT molecular complexity index is 399. The second-order valence-electron chi connectivity index (χ2n) is 5.65. The molecule has 0 atom stereocenters. The van der Waals surface area contributed by atoms with E-state index in [9.17, 15) is 0 Å². The quantitative estimate of drug-likeness (QED) is 0.605. The summed E-state index contributed by atoms with van der Waals surface area (Å²) in [7, 11) is 0. The summed E-state index contributed by atoms with van der Waals surface area (Å²) in [6, 6.07) is 11.5. The number of piperidine rings is 1. The molecule has 0 spiro atoms. The molecule has 1 N–H and O–H groups in total. The number of terminal acetylenes is 1. The topological polar surface area (TPSA) is 15.3 Å². The third-order valence-electron chi connectivity index (χ3n) is 4.02. The van der Waals surface area contributed by atoms with Gasteiger partial charge in [0.15, 0.2) is 0 Å². The van der Waals surface area contributed by atoms with Crippen molar-refractivity contribution in [2.75, 3.05) is 19.6 Å². The molecule has 0 unspecified atom stereocenters. The van der Waals surface area contributed by atoms with E-state index in [0.29, 0.717) is 6.04 Å². The van der Waals surface area contributed by atoms with Crippen LogP contribution < -0.4 is 5.32 Å². The number of hydrogen-bond donors (Lipinski definition) is 1. The van der Waals surface area contributed by atoms with Crippen LogP contribution in [0.25, 0.3) is 0 Å². The molecule has 20 heavy (non-hydrogen) atoms. The van der Waals surface area contributed by atoms with Crippen LogP contribution in [0.15, 0.2) is 30.3 Å². The highest BCUT2D eigenvalue weighted by Crippen LogP contribution is 2.13. The van der Waals surface area contributed by atoms with Crippen LogP contribution in [0.5, 0.6) is 0 Å². The van der Waals surface area contributed by atoms with E-state index in [1.54, 1.807) is 0 Å². The molecule has 2 heteroatoms. The Morgan fingerprint density at radius 2 is 1.90 bits per heavy atom. The SMILES string of the molecule is C#CCCCCNC1CCN(Cc2ccccc2)CC1. The number of rotatable bonds is 7. The van der Waals surface area contributed by atoms with Gasteiger partial charge in [-0.25, -0.2) is 0 Å². The van der Waals surface area contributed by atoms with Gasteiger partial charge in [0.1, 0.15) is 0 Å². The van der Waals surface area contributed by atoms with Crippen LogP contribution in [0.3, 0.4) is 0 Å². The van der Waals surface area contributed by atoms with Gasteiger partial charge in [-0.3, -0.25) is 4.90 Å². The van der Waals surface area contributed by atoms with Crippen molar-refractivity contribution in [3.05, 3.63) is 35.9 Å². The maximum absolute atomic E-state index is 5.26. The van der Waals surface area contributed by atoms with E-state index < -0.39 is 0 Å². The lowest BCUT2D eigenvalue weighted by Gasteiger charge is -2.32. The molecule has 0 amide bonds. The van der Waals surface area contributed by atoms with Crippen molar-refractivity contribution in [1.29, 1.82) is 0 Å². The number of nitrogens with one attached hydrogen (secondary N) is 1. The number of unbranched alkanes of at least 4 members (excludes halogenated alkanes) is 2. The molecule has 0 saturated carbocycles. The zero-order valence-electron chi connectivity index (χ0n) is 12.4. The predicted octanol–water partition coefficient (Wildman–Crippen LogP) is 3.04. The lowest BCUT2D eigenvalue weighted by atomic mass is 10.0. The molecule has 0 bridgehead atoms. The highest BCUT2D eigenvalue weighted by molar-refractivity contribution is 5.14. The molecule has 1 aliphatic rings. The normalized spacial score (nSPS) is 16.9. The highest BCUT2D eigenvalue weighted by atomic mass is 15.1. The first-order valence-corrected chi connectivity index (χ1v) is 7.81. The van der Waals surface area contributed by atoms with Crippen molar-refractivity contribution in [2.45, 2.75) is 44.7 Å². The number of benzene rings is 1. The monoisotopic (exact) mass is 270 g/mol. The largest absolute Gasteiger partial charge is 0.314 e. The van der Waals surface area contributed by atoms with E-state index in [2.05, 4.69) is 46.5 Å². The predicted molar refractivity (Wildman–Crippen MR) is 85.4 cm³/mol. The van der Waals surface area contributed by atoms with Gasteiger partial charge >= 0.3 is 0 Å². The number of likely N-dealkylation sites (tertiary alicyclic amines) is 1. The fourth-order valence-corrected chi connectivity index (χ4v) is 2.80. The van der Waals surface area contributed by atoms with Crippen LogP contribution in [-0.2, 0) is 6.54 Å². The van der Waals surface area contributed by atoms with E-state index in [1.165, 1.54) is 37.9 Å². The second-order valence-corrected chi connectivity index (χ2v) is 5.65. The van der Waals surface area contributed by atoms with Gasteiger partial charge in [0.25, 0.3) is 0 Å². The maximum Gasteiger partial charge on any atom is 0.0233 e. The molecular weight excluding hydrogens is 244 g/mol. The summed E-state index contributed by atoms with van der Waals surface area (Å²) in [6.45, 7) is 4.62. The van der Waals surface area contributed by atoms with Crippen molar-refractivity contribution >= 4 is 0 Å². The van der Waals surface area contributed by atoms with E-state index in [1.807, 2.05) is 0 Å². The summed E-state index contributed by atoms with van der Waals surface area (Å²) < 4.78 is 0. The summed E-state index contributed by atoms with van der Waals surface area (Å²) in [4.78, 5) is 2.56. The molecule has 1 fully saturated rings. The van der Waals surface area contributed by atoms with Crippen molar-refractivity contribution in [2.24, 2.45) is 0 Å². The highest BCUT2D eigenvalue weighted by Gasteiger charge is 2.18. The smallest absolute Gasteiger partial charge is 0.0233 e. The summed E-state index contributed by atoms with van der Waals surface area (Å²) >= 11 is 0. The first-order valence-electron chi connectivity index (χ1n) is 7.81. The van der Waals surface area contributed by atoms with Crippen molar-refractivity contribution in [3.63, 3.8) is 0 Å². The fourth-order valence-electron chi connectivity index (χ4n) is 2.80. The van der Waals surface area contributed by atoms with Gasteiger partial charge in [0.05, 0.1) is 0 Å². The van der Waals surface area contributed by atoms with Gasteiger partial charge in [-0.15, -0.1) is 12.3 Å². The van der Waals surface area contributed by atoms with Crippen LogP contribution >= 0.6 is 0 Å². The molecule has 0 aromatic heterocycles. The minimum Gasteiger partial charge on any atom is -0.314 e. The minimum atomic E-state index is 0.702. The van der Waals surface area contributed by atoms with Crippen molar-refractivity contribution in [3.8, 4) is 12.3 Å². The Kier molecular flexibility index (Phi) is 6.63. The molecule has 1 heterocycles. The Morgan fingerprint density at radius 3 is 2.60 bits per heavy atom. The Labute approximate surface area is 123 Å². The zero-order valence-corrected chi connectivity index (χ0v) is 12.4. The molecule has 1 saturated heterocycles. The zero-order chi connectivity index (χ0) is 14.0. The Hall–Kier alpha value is -1.30. The lowest BCUT2D eigenvalue weighted by Crippen LogP contribution is -2.42. The van der Waals surface area contributed by atoms with Gasteiger partial charge < -0.3 is 5.32 Å². The van der Waals surface area contributed by atoms with Crippen LogP contribution in [0.2, 0.25) is 0 Å². The molecule has 1 aromatic rings. The summed E-state index contributed by atoms with van der Waals surface area (Å²) in [5.74, 6) is 2.70. The van der Waals surface area contributed by atoms with Gasteiger partial charge in [0, 0.05) is 19.0 Å². The molecule has 0 aliphatic carbocycles. The molecular formula is C18H26N2. The molecule has 1 aromatic carbocycles. The Balaban J connectivity index is 1.59. The van der Waals surface area contributed by atoms with Crippen LogP contribution in [-0.4, -0.2) is 30.6 Å². The Morgan fingerprint density at radius 1 is 1.15 bits per heavy atom. The molecule has 108 valence electrons. The van der Waals surface area contributed by atoms with Gasteiger partial charge in [0.2, 0.25) is 0 Å². The van der Waals surface area contributed by atoms with Crippen molar-refractivity contribution < 1.29 is 0 Å². The van der Waals surface area contributed by atoms with E-state index in [4.69, 9.17) is 6.42 Å². The van der Waals surface area contributed by atoms with Crippen molar-refractivity contribution in [1.82, 2.24) is 10.2 Å². The van der Waals surface area contributed by atoms with Gasteiger partial charge in [-0.05, 0) is 50.9 Å². The molecule has 0 radical (unpaired) electrons. The molecule has 1 aliphatic heterocycles. The summed E-state index contributed by atoms with van der Waals surface area (Å²) in [5, 5.41) is 3.67. The summed E-state index contributed by atoms with van der Waals surface area (Å²) in [6.07, 6.45) is 11.1.